The molecule has 1 aromatic heterocycles. The Labute approximate surface area is 187 Å². The molecule has 1 unspecified atom stereocenters. The van der Waals surface area contributed by atoms with Crippen LogP contribution in [0.1, 0.15) is 31.7 Å². The highest BCUT2D eigenvalue weighted by Crippen LogP contribution is 2.39. The van der Waals surface area contributed by atoms with Gasteiger partial charge in [-0.1, -0.05) is 6.92 Å². The fourth-order valence-corrected chi connectivity index (χ4v) is 5.06. The van der Waals surface area contributed by atoms with Gasteiger partial charge in [-0.3, -0.25) is 9.78 Å². The second-order valence-corrected chi connectivity index (χ2v) is 9.46. The number of nitrogens with zero attached hydrogens (tertiary/aromatic N) is 3. The number of anilines is 1. The van der Waals surface area contributed by atoms with Gasteiger partial charge in [0.15, 0.2) is 0 Å². The number of aromatic nitrogens is 1. The summed E-state index contributed by atoms with van der Waals surface area (Å²) in [4.78, 5) is 21.4. The minimum atomic E-state index is -4.46. The van der Waals surface area contributed by atoms with Crippen LogP contribution in [0.3, 0.4) is 0 Å². The van der Waals surface area contributed by atoms with Gasteiger partial charge in [-0.05, 0) is 75.5 Å². The summed E-state index contributed by atoms with van der Waals surface area (Å²) in [6.07, 6.45) is -0.105. The summed E-state index contributed by atoms with van der Waals surface area (Å²) in [7, 11) is 2.12. The van der Waals surface area contributed by atoms with Crippen molar-refractivity contribution in [1.29, 1.82) is 0 Å². The SMILES string of the molecule is CC1C[C@H](C(=O)NCC2CCN(C)CC2)CN(c2ccc(C(F)(F)F)c3ncccc23)C1. The van der Waals surface area contributed by atoms with Crippen molar-refractivity contribution >= 4 is 22.5 Å². The molecule has 0 bridgehead atoms. The predicted molar refractivity (Wildman–Crippen MR) is 119 cm³/mol. The van der Waals surface area contributed by atoms with E-state index in [0.717, 1.165) is 38.4 Å². The van der Waals surface area contributed by atoms with Crippen molar-refractivity contribution in [2.45, 2.75) is 32.4 Å². The monoisotopic (exact) mass is 448 g/mol. The summed E-state index contributed by atoms with van der Waals surface area (Å²) >= 11 is 0. The van der Waals surface area contributed by atoms with E-state index in [4.69, 9.17) is 0 Å². The van der Waals surface area contributed by atoms with Crippen molar-refractivity contribution in [1.82, 2.24) is 15.2 Å². The average molecular weight is 449 g/mol. The van der Waals surface area contributed by atoms with Crippen molar-refractivity contribution in [3.05, 3.63) is 36.0 Å². The Morgan fingerprint density at radius 3 is 2.66 bits per heavy atom. The highest BCUT2D eigenvalue weighted by atomic mass is 19.4. The first kappa shape index (κ1) is 22.8. The Morgan fingerprint density at radius 2 is 1.94 bits per heavy atom. The molecule has 0 saturated carbocycles. The predicted octanol–water partition coefficient (Wildman–Crippen LogP) is 4.17. The summed E-state index contributed by atoms with van der Waals surface area (Å²) in [5.74, 6) is 0.642. The van der Waals surface area contributed by atoms with E-state index >= 15 is 0 Å². The number of nitrogens with one attached hydrogen (secondary N) is 1. The normalized spacial score (nSPS) is 23.5. The molecule has 2 saturated heterocycles. The van der Waals surface area contributed by atoms with Crippen LogP contribution in [0.4, 0.5) is 18.9 Å². The third-order valence-corrected chi connectivity index (χ3v) is 6.83. The van der Waals surface area contributed by atoms with Crippen LogP contribution in [-0.2, 0) is 11.0 Å². The highest BCUT2D eigenvalue weighted by Gasteiger charge is 2.35. The fraction of sp³-hybridized carbons (Fsp3) is 0.583. The summed E-state index contributed by atoms with van der Waals surface area (Å²) in [6.45, 7) is 6.11. The van der Waals surface area contributed by atoms with Gasteiger partial charge in [0.25, 0.3) is 0 Å². The number of hydrogen-bond donors (Lipinski definition) is 1. The minimum Gasteiger partial charge on any atom is -0.370 e. The van der Waals surface area contributed by atoms with Gasteiger partial charge in [-0.15, -0.1) is 0 Å². The number of fused-ring (bicyclic) bond motifs is 1. The zero-order chi connectivity index (χ0) is 22.9. The average Bonchev–Trinajstić information content (AvgIpc) is 2.76. The van der Waals surface area contributed by atoms with Crippen LogP contribution in [0.15, 0.2) is 30.5 Å². The maximum atomic E-state index is 13.5. The standard InChI is InChI=1S/C24H31F3N4O/c1-16-12-18(23(32)29-13-17-7-10-30(2)11-8-17)15-31(14-16)21-6-5-20(24(25,26)27)22-19(21)4-3-9-28-22/h3-6,9,16-18H,7-8,10-15H2,1-2H3,(H,29,32)/t16?,18-/m0/s1. The van der Waals surface area contributed by atoms with Gasteiger partial charge in [-0.25, -0.2) is 0 Å². The Bertz CT molecular complexity index is 956. The number of benzene rings is 1. The van der Waals surface area contributed by atoms with Gasteiger partial charge >= 0.3 is 6.18 Å². The number of alkyl halides is 3. The number of rotatable bonds is 4. The quantitative estimate of drug-likeness (QED) is 0.763. The molecule has 5 nitrogen and oxygen atoms in total. The first-order valence-corrected chi connectivity index (χ1v) is 11.4. The third-order valence-electron chi connectivity index (χ3n) is 6.83. The lowest BCUT2D eigenvalue weighted by Gasteiger charge is -2.38. The zero-order valence-corrected chi connectivity index (χ0v) is 18.7. The number of amides is 1. The molecule has 1 N–H and O–H groups in total. The second kappa shape index (κ2) is 9.25. The second-order valence-electron chi connectivity index (χ2n) is 9.46. The topological polar surface area (TPSA) is 48.5 Å². The van der Waals surface area contributed by atoms with Crippen LogP contribution in [0.25, 0.3) is 10.9 Å². The van der Waals surface area contributed by atoms with Crippen molar-refractivity contribution in [2.24, 2.45) is 17.8 Å². The Hall–Kier alpha value is -2.35. The molecule has 1 aromatic carbocycles. The molecular weight excluding hydrogens is 417 g/mol. The van der Waals surface area contributed by atoms with Crippen LogP contribution < -0.4 is 10.2 Å². The summed E-state index contributed by atoms with van der Waals surface area (Å²) in [6, 6.07) is 5.98. The number of carbonyl (C=O) groups excluding carboxylic acids is 1. The molecular formula is C24H31F3N4O. The lowest BCUT2D eigenvalue weighted by Crippen LogP contribution is -2.47. The van der Waals surface area contributed by atoms with Gasteiger partial charge in [0.2, 0.25) is 5.91 Å². The molecule has 2 aromatic rings. The smallest absolute Gasteiger partial charge is 0.370 e. The van der Waals surface area contributed by atoms with Gasteiger partial charge in [-0.2, -0.15) is 13.2 Å². The lowest BCUT2D eigenvalue weighted by atomic mass is 9.88. The van der Waals surface area contributed by atoms with Crippen molar-refractivity contribution in [3.8, 4) is 0 Å². The van der Waals surface area contributed by atoms with E-state index in [1.54, 1.807) is 12.1 Å². The number of piperidine rings is 2. The maximum Gasteiger partial charge on any atom is 0.418 e. The van der Waals surface area contributed by atoms with Crippen LogP contribution >= 0.6 is 0 Å². The van der Waals surface area contributed by atoms with E-state index in [1.807, 2.05) is 0 Å². The first-order valence-electron chi connectivity index (χ1n) is 11.4. The number of halogens is 3. The fourth-order valence-electron chi connectivity index (χ4n) is 5.06. The number of carbonyl (C=O) groups is 1. The van der Waals surface area contributed by atoms with E-state index in [2.05, 4.69) is 34.1 Å². The Morgan fingerprint density at radius 1 is 1.19 bits per heavy atom. The van der Waals surface area contributed by atoms with E-state index < -0.39 is 11.7 Å². The van der Waals surface area contributed by atoms with Crippen molar-refractivity contribution in [2.75, 3.05) is 44.7 Å². The highest BCUT2D eigenvalue weighted by molar-refractivity contribution is 5.94. The van der Waals surface area contributed by atoms with Crippen LogP contribution in [0.2, 0.25) is 0 Å². The molecule has 2 atom stereocenters. The van der Waals surface area contributed by atoms with Gasteiger partial charge in [0.05, 0.1) is 17.0 Å². The molecule has 2 fully saturated rings. The molecule has 2 aliphatic rings. The molecule has 1 amide bonds. The molecule has 3 heterocycles. The van der Waals surface area contributed by atoms with Crippen LogP contribution in [0.5, 0.6) is 0 Å². The van der Waals surface area contributed by atoms with Gasteiger partial charge in [0, 0.05) is 36.9 Å². The number of hydrogen-bond acceptors (Lipinski definition) is 4. The van der Waals surface area contributed by atoms with Crippen LogP contribution in [0, 0.1) is 17.8 Å². The largest absolute Gasteiger partial charge is 0.418 e. The summed E-state index contributed by atoms with van der Waals surface area (Å²) in [5, 5.41) is 3.62. The molecule has 0 radical (unpaired) electrons. The van der Waals surface area contributed by atoms with E-state index in [0.29, 0.717) is 36.6 Å². The molecule has 0 aliphatic carbocycles. The van der Waals surface area contributed by atoms with E-state index in [1.165, 1.54) is 12.3 Å². The molecule has 0 spiro atoms. The van der Waals surface area contributed by atoms with Gasteiger partial charge < -0.3 is 15.1 Å². The Balaban J connectivity index is 1.50. The molecule has 2 aliphatic heterocycles. The minimum absolute atomic E-state index is 0.0426. The van der Waals surface area contributed by atoms with E-state index in [9.17, 15) is 18.0 Å². The first-order chi connectivity index (χ1) is 15.2. The molecule has 32 heavy (non-hydrogen) atoms. The van der Waals surface area contributed by atoms with E-state index in [-0.39, 0.29) is 23.3 Å². The van der Waals surface area contributed by atoms with Gasteiger partial charge in [0.1, 0.15) is 0 Å². The molecule has 4 rings (SSSR count). The molecule has 8 heteroatoms. The maximum absolute atomic E-state index is 13.5. The number of likely N-dealkylation sites (tertiary alicyclic amines) is 1. The third kappa shape index (κ3) is 5.00. The zero-order valence-electron chi connectivity index (χ0n) is 18.7. The lowest BCUT2D eigenvalue weighted by molar-refractivity contribution is -0.136. The summed E-state index contributed by atoms with van der Waals surface area (Å²) in [5.41, 5.74) is -0.0610. The van der Waals surface area contributed by atoms with Crippen molar-refractivity contribution < 1.29 is 18.0 Å². The molecule has 174 valence electrons. The van der Waals surface area contributed by atoms with Crippen LogP contribution in [-0.4, -0.2) is 55.6 Å². The Kier molecular flexibility index (Phi) is 6.60. The summed E-state index contributed by atoms with van der Waals surface area (Å²) < 4.78 is 40.4. The van der Waals surface area contributed by atoms with Crippen molar-refractivity contribution in [3.63, 3.8) is 0 Å². The number of pyridine rings is 1.